The van der Waals surface area contributed by atoms with Crippen molar-refractivity contribution in [1.82, 2.24) is 5.32 Å². The Morgan fingerprint density at radius 1 is 0.373 bits per heavy atom. The minimum Gasteiger partial charge on any atom is -0.466 e. The number of carbonyl (C=O) groups is 2. The fourth-order valence-corrected chi connectivity index (χ4v) is 10.8. The van der Waals surface area contributed by atoms with Gasteiger partial charge >= 0.3 is 5.97 Å². The van der Waals surface area contributed by atoms with Crippen LogP contribution in [-0.4, -0.2) is 47.4 Å². The Balaban J connectivity index is 3.42. The van der Waals surface area contributed by atoms with Crippen molar-refractivity contribution in [2.45, 2.75) is 392 Å². The summed E-state index contributed by atoms with van der Waals surface area (Å²) in [6.07, 6.45) is 80.6. The van der Waals surface area contributed by atoms with E-state index in [-0.39, 0.29) is 18.5 Å². The molecule has 0 aromatic rings. The lowest BCUT2D eigenvalue weighted by molar-refractivity contribution is -0.143. The first-order chi connectivity index (χ1) is 37.0. The highest BCUT2D eigenvalue weighted by Crippen LogP contribution is 2.19. The van der Waals surface area contributed by atoms with Gasteiger partial charge in [0.1, 0.15) is 0 Å². The lowest BCUT2D eigenvalue weighted by Crippen LogP contribution is -2.45. The first-order valence-corrected chi connectivity index (χ1v) is 34.1. The third-order valence-corrected chi connectivity index (χ3v) is 16.0. The molecular formula is C69H133NO5. The summed E-state index contributed by atoms with van der Waals surface area (Å²) in [7, 11) is 0. The summed E-state index contributed by atoms with van der Waals surface area (Å²) in [6, 6.07) is -0.550. The predicted molar refractivity (Wildman–Crippen MR) is 329 cm³/mol. The van der Waals surface area contributed by atoms with Gasteiger partial charge in [0.05, 0.1) is 25.4 Å². The van der Waals surface area contributed by atoms with Crippen molar-refractivity contribution in [3.8, 4) is 0 Å². The summed E-state index contributed by atoms with van der Waals surface area (Å²) in [5.74, 6) is -0.0446. The fraction of sp³-hybridized carbons (Fsp3) is 0.913. The van der Waals surface area contributed by atoms with Crippen molar-refractivity contribution >= 4 is 11.9 Å². The molecule has 444 valence electrons. The fourth-order valence-electron chi connectivity index (χ4n) is 10.8. The van der Waals surface area contributed by atoms with Crippen molar-refractivity contribution in [2.75, 3.05) is 13.2 Å². The van der Waals surface area contributed by atoms with Crippen molar-refractivity contribution in [2.24, 2.45) is 0 Å². The molecule has 0 fully saturated rings. The largest absolute Gasteiger partial charge is 0.466 e. The Bertz CT molecular complexity index is 1170. The Morgan fingerprint density at radius 2 is 0.667 bits per heavy atom. The molecule has 0 aliphatic rings. The van der Waals surface area contributed by atoms with Gasteiger partial charge in [0, 0.05) is 12.8 Å². The van der Waals surface area contributed by atoms with Gasteiger partial charge in [-0.3, -0.25) is 9.59 Å². The second-order valence-corrected chi connectivity index (χ2v) is 23.5. The van der Waals surface area contributed by atoms with Gasteiger partial charge in [-0.25, -0.2) is 0 Å². The minimum atomic E-state index is -0.672. The molecule has 0 saturated carbocycles. The van der Waals surface area contributed by atoms with E-state index in [0.29, 0.717) is 25.9 Å². The van der Waals surface area contributed by atoms with E-state index in [4.69, 9.17) is 4.74 Å². The van der Waals surface area contributed by atoms with Crippen LogP contribution in [0.5, 0.6) is 0 Å². The lowest BCUT2D eigenvalue weighted by Gasteiger charge is -2.22. The SMILES string of the molecule is CCCCCC/C=C\C/C=C\CCCCCCCCCC(=O)OCCCCCCCCCCCCCCCCCC(=O)NC(CO)C(O)CCCCCCCCCCCCCCCCCCCCCCCCCCC. The standard InChI is InChI=1S/C69H133NO5/c1-3-5-7-9-11-13-15-17-19-21-23-24-25-26-27-28-29-30-33-37-41-45-49-53-57-61-67(72)66(65-71)70-68(73)62-58-54-50-46-42-38-34-32-36-40-44-48-52-56-60-64-75-69(74)63-59-55-51-47-43-39-35-31-22-20-18-16-14-12-10-8-6-4-2/h14,16,20,22,66-67,71-72H,3-13,15,17-19,21,23-65H2,1-2H3,(H,70,73)/b16-14-,22-20-. The minimum absolute atomic E-state index is 0.00530. The van der Waals surface area contributed by atoms with E-state index in [1.165, 1.54) is 289 Å². The molecule has 0 spiro atoms. The number of allylic oxidation sites excluding steroid dienone is 4. The van der Waals surface area contributed by atoms with Crippen LogP contribution in [0.3, 0.4) is 0 Å². The zero-order chi connectivity index (χ0) is 54.3. The van der Waals surface area contributed by atoms with Gasteiger partial charge in [0.15, 0.2) is 0 Å². The maximum Gasteiger partial charge on any atom is 0.305 e. The number of ether oxygens (including phenoxy) is 1. The van der Waals surface area contributed by atoms with Gasteiger partial charge in [-0.15, -0.1) is 0 Å². The summed E-state index contributed by atoms with van der Waals surface area (Å²) in [4.78, 5) is 24.7. The van der Waals surface area contributed by atoms with Gasteiger partial charge in [0.25, 0.3) is 0 Å². The number of hydrogen-bond donors (Lipinski definition) is 3. The van der Waals surface area contributed by atoms with Crippen molar-refractivity contribution in [1.29, 1.82) is 0 Å². The summed E-state index contributed by atoms with van der Waals surface area (Å²) in [5, 5.41) is 23.4. The van der Waals surface area contributed by atoms with Crippen LogP contribution in [0.4, 0.5) is 0 Å². The molecular weight excluding hydrogens is 923 g/mol. The highest BCUT2D eigenvalue weighted by atomic mass is 16.5. The molecule has 0 rings (SSSR count). The van der Waals surface area contributed by atoms with E-state index in [0.717, 1.165) is 57.8 Å². The van der Waals surface area contributed by atoms with E-state index in [1.54, 1.807) is 0 Å². The van der Waals surface area contributed by atoms with Crippen LogP contribution in [0.2, 0.25) is 0 Å². The third kappa shape index (κ3) is 61.4. The number of aliphatic hydroxyl groups excluding tert-OH is 2. The van der Waals surface area contributed by atoms with Crippen molar-refractivity contribution in [3.63, 3.8) is 0 Å². The zero-order valence-electron chi connectivity index (χ0n) is 50.8. The Kier molecular flexibility index (Phi) is 63.4. The monoisotopic (exact) mass is 1060 g/mol. The van der Waals surface area contributed by atoms with E-state index in [2.05, 4.69) is 43.5 Å². The topological polar surface area (TPSA) is 95.9 Å². The number of hydrogen-bond acceptors (Lipinski definition) is 5. The van der Waals surface area contributed by atoms with Crippen LogP contribution in [0.1, 0.15) is 380 Å². The smallest absolute Gasteiger partial charge is 0.305 e. The highest BCUT2D eigenvalue weighted by molar-refractivity contribution is 5.76. The summed E-state index contributed by atoms with van der Waals surface area (Å²) in [6.45, 7) is 4.95. The number of rotatable bonds is 64. The quantitative estimate of drug-likeness (QED) is 0.0320. The molecule has 6 nitrogen and oxygen atoms in total. The third-order valence-electron chi connectivity index (χ3n) is 16.0. The predicted octanol–water partition coefficient (Wildman–Crippen LogP) is 21.8. The van der Waals surface area contributed by atoms with Crippen LogP contribution < -0.4 is 5.32 Å². The van der Waals surface area contributed by atoms with E-state index >= 15 is 0 Å². The lowest BCUT2D eigenvalue weighted by atomic mass is 10.0. The number of aliphatic hydroxyl groups is 2. The molecule has 6 heteroatoms. The molecule has 0 aromatic heterocycles. The van der Waals surface area contributed by atoms with Gasteiger partial charge < -0.3 is 20.3 Å². The Morgan fingerprint density at radius 3 is 1.03 bits per heavy atom. The molecule has 75 heavy (non-hydrogen) atoms. The van der Waals surface area contributed by atoms with Crippen LogP contribution >= 0.6 is 0 Å². The second-order valence-electron chi connectivity index (χ2n) is 23.5. The first-order valence-electron chi connectivity index (χ1n) is 34.1. The molecule has 2 atom stereocenters. The van der Waals surface area contributed by atoms with Crippen LogP contribution in [-0.2, 0) is 14.3 Å². The molecule has 0 heterocycles. The average Bonchev–Trinajstić information content (AvgIpc) is 3.41. The van der Waals surface area contributed by atoms with Crippen LogP contribution in [0, 0.1) is 0 Å². The summed E-state index contributed by atoms with van der Waals surface area (Å²) < 4.78 is 5.49. The normalized spacial score (nSPS) is 12.6. The summed E-state index contributed by atoms with van der Waals surface area (Å²) >= 11 is 0. The van der Waals surface area contributed by atoms with Crippen LogP contribution in [0.15, 0.2) is 24.3 Å². The molecule has 0 aromatic carbocycles. The van der Waals surface area contributed by atoms with Gasteiger partial charge in [-0.2, -0.15) is 0 Å². The highest BCUT2D eigenvalue weighted by Gasteiger charge is 2.20. The number of nitrogens with one attached hydrogen (secondary N) is 1. The number of amides is 1. The van der Waals surface area contributed by atoms with Gasteiger partial charge in [-0.05, 0) is 57.8 Å². The van der Waals surface area contributed by atoms with E-state index in [1.807, 2.05) is 0 Å². The molecule has 0 radical (unpaired) electrons. The average molecular weight is 1060 g/mol. The molecule has 2 unspecified atom stereocenters. The van der Waals surface area contributed by atoms with Gasteiger partial charge in [-0.1, -0.05) is 334 Å². The Hall–Kier alpha value is -1.66. The zero-order valence-corrected chi connectivity index (χ0v) is 50.8. The maximum absolute atomic E-state index is 12.5. The van der Waals surface area contributed by atoms with Gasteiger partial charge in [0.2, 0.25) is 5.91 Å². The number of unbranched alkanes of at least 4 members (excludes halogenated alkanes) is 49. The number of carbonyl (C=O) groups excluding carboxylic acids is 2. The van der Waals surface area contributed by atoms with E-state index < -0.39 is 12.1 Å². The molecule has 0 aliphatic carbocycles. The number of esters is 1. The maximum atomic E-state index is 12.5. The molecule has 0 bridgehead atoms. The molecule has 3 N–H and O–H groups in total. The van der Waals surface area contributed by atoms with E-state index in [9.17, 15) is 19.8 Å². The molecule has 1 amide bonds. The van der Waals surface area contributed by atoms with Crippen LogP contribution in [0.25, 0.3) is 0 Å². The second kappa shape index (κ2) is 64.9. The van der Waals surface area contributed by atoms with Crippen molar-refractivity contribution < 1.29 is 24.5 Å². The van der Waals surface area contributed by atoms with Crippen molar-refractivity contribution in [3.05, 3.63) is 24.3 Å². The summed E-state index contributed by atoms with van der Waals surface area (Å²) in [5.41, 5.74) is 0. The molecule has 0 aliphatic heterocycles. The Labute approximate surface area is 469 Å². The molecule has 0 saturated heterocycles. The first kappa shape index (κ1) is 73.3.